The van der Waals surface area contributed by atoms with Crippen molar-refractivity contribution < 1.29 is 14.2 Å². The van der Waals surface area contributed by atoms with Crippen LogP contribution < -0.4 is 14.2 Å². The van der Waals surface area contributed by atoms with Crippen LogP contribution in [0.1, 0.15) is 294 Å². The number of aromatic amines is 2. The molecule has 6 rings (SSSR count). The maximum atomic E-state index is 6.89. The van der Waals surface area contributed by atoms with Crippen LogP contribution in [-0.4, -0.2) is 39.8 Å². The van der Waals surface area contributed by atoms with E-state index >= 15 is 0 Å². The Kier molecular flexibility index (Phi) is 31.7. The summed E-state index contributed by atoms with van der Waals surface area (Å²) in [5, 5.41) is 0. The fourth-order valence-corrected chi connectivity index (χ4v) is 11.2. The first-order chi connectivity index (χ1) is 38.6. The van der Waals surface area contributed by atoms with Gasteiger partial charge in [-0.05, 0) is 104 Å². The van der Waals surface area contributed by atoms with E-state index in [0.29, 0.717) is 19.8 Å². The van der Waals surface area contributed by atoms with Gasteiger partial charge in [0, 0.05) is 27.6 Å². The van der Waals surface area contributed by atoms with Gasteiger partial charge in [-0.2, -0.15) is 0 Å². The van der Waals surface area contributed by atoms with Gasteiger partial charge in [0.05, 0.1) is 42.6 Å². The van der Waals surface area contributed by atoms with Gasteiger partial charge in [-0.1, -0.05) is 252 Å². The second kappa shape index (κ2) is 39.6. The molecule has 0 amide bonds. The van der Waals surface area contributed by atoms with Crippen molar-refractivity contribution in [3.8, 4) is 28.4 Å². The molecule has 0 saturated carbocycles. The van der Waals surface area contributed by atoms with E-state index in [9.17, 15) is 0 Å². The zero-order valence-corrected chi connectivity index (χ0v) is 49.8. The lowest BCUT2D eigenvalue weighted by molar-refractivity contribution is 0.234. The molecule has 0 fully saturated rings. The molecule has 0 unspecified atom stereocenters. The van der Waals surface area contributed by atoms with Crippen LogP contribution in [0.5, 0.6) is 17.2 Å². The summed E-state index contributed by atoms with van der Waals surface area (Å²) in [6.45, 7) is 8.87. The second-order valence-corrected chi connectivity index (χ2v) is 23.2. The maximum absolute atomic E-state index is 6.89. The third-order valence-corrected chi connectivity index (χ3v) is 16.0. The van der Waals surface area contributed by atoms with Crippen molar-refractivity contribution in [1.29, 1.82) is 0 Å². The van der Waals surface area contributed by atoms with Crippen LogP contribution in [0.4, 0.5) is 0 Å². The molecular weight excluding hydrogens is 957 g/mol. The summed E-state index contributed by atoms with van der Waals surface area (Å²) in [6, 6.07) is 19.4. The van der Waals surface area contributed by atoms with E-state index in [0.717, 1.165) is 92.5 Å². The molecule has 4 aromatic rings. The van der Waals surface area contributed by atoms with Crippen molar-refractivity contribution in [1.82, 2.24) is 19.9 Å². The van der Waals surface area contributed by atoms with Gasteiger partial charge < -0.3 is 24.2 Å². The van der Waals surface area contributed by atoms with Gasteiger partial charge in [0.1, 0.15) is 0 Å². The minimum atomic E-state index is 0.655. The fourth-order valence-electron chi connectivity index (χ4n) is 11.2. The molecule has 7 heteroatoms. The number of H-pyrrole nitrogens is 2. The standard InChI is InChI=1S/C71H108N4O3/c1-4-7-10-13-16-19-22-25-28-31-34-37-40-49-76-69-52-59(67-57-66-56-64-46-45-62(73-64)54-60-43-44-61(72-60)55-63-47-48-65(74-63)58-68(67)75-66)53-70(77-50-41-38-35-32-29-26-23-20-17-14-11-8-5-2)71(69)78-51-42-39-36-33-30-27-24-21-18-15-12-9-6-3/h43-48,52-58,73,75H,4-42,49-51H2,1-3H3. The molecule has 430 valence electrons. The summed E-state index contributed by atoms with van der Waals surface area (Å²) in [7, 11) is 0. The summed E-state index contributed by atoms with van der Waals surface area (Å²) < 4.78 is 20.7. The first-order valence-corrected chi connectivity index (χ1v) is 32.8. The van der Waals surface area contributed by atoms with Crippen molar-refractivity contribution in [2.45, 2.75) is 271 Å². The number of nitrogens with zero attached hydrogens (tertiary/aromatic N) is 2. The second-order valence-electron chi connectivity index (χ2n) is 23.2. The Hall–Kier alpha value is -4.78. The van der Waals surface area contributed by atoms with Gasteiger partial charge in [0.2, 0.25) is 5.75 Å². The Balaban J connectivity index is 1.17. The molecule has 3 aromatic heterocycles. The lowest BCUT2D eigenvalue weighted by Crippen LogP contribution is -2.06. The average Bonchev–Trinajstić information content (AvgIpc) is 4.31. The zero-order chi connectivity index (χ0) is 54.3. The number of benzene rings is 1. The Morgan fingerprint density at radius 1 is 0.308 bits per heavy atom. The van der Waals surface area contributed by atoms with Crippen molar-refractivity contribution in [2.75, 3.05) is 19.8 Å². The molecule has 0 spiro atoms. The lowest BCUT2D eigenvalue weighted by atomic mass is 10.0. The van der Waals surface area contributed by atoms with Crippen LogP contribution in [0.2, 0.25) is 0 Å². The van der Waals surface area contributed by atoms with Gasteiger partial charge >= 0.3 is 0 Å². The first kappa shape index (κ1) is 62.4. The third kappa shape index (κ3) is 25.1. The number of aromatic nitrogens is 4. The number of fused-ring (bicyclic) bond motifs is 8. The Morgan fingerprint density at radius 3 is 1.04 bits per heavy atom. The van der Waals surface area contributed by atoms with Crippen LogP contribution in [0.3, 0.4) is 0 Å². The van der Waals surface area contributed by atoms with E-state index in [1.165, 1.54) is 231 Å². The summed E-state index contributed by atoms with van der Waals surface area (Å²) in [4.78, 5) is 17.2. The molecular formula is C71H108N4O3. The summed E-state index contributed by atoms with van der Waals surface area (Å²) in [6.07, 6.45) is 60.0. The number of nitrogens with one attached hydrogen (secondary N) is 2. The molecule has 8 bridgehead atoms. The molecule has 1 aromatic carbocycles. The number of ether oxygens (including phenoxy) is 3. The summed E-state index contributed by atoms with van der Waals surface area (Å²) in [5.41, 5.74) is 9.70. The van der Waals surface area contributed by atoms with Crippen LogP contribution >= 0.6 is 0 Å². The smallest absolute Gasteiger partial charge is 0.203 e. The van der Waals surface area contributed by atoms with Crippen molar-refractivity contribution in [3.05, 3.63) is 77.4 Å². The van der Waals surface area contributed by atoms with Crippen molar-refractivity contribution in [2.24, 2.45) is 0 Å². The highest BCUT2D eigenvalue weighted by molar-refractivity contribution is 5.89. The van der Waals surface area contributed by atoms with E-state index in [4.69, 9.17) is 24.2 Å². The Morgan fingerprint density at radius 2 is 0.641 bits per heavy atom. The highest BCUT2D eigenvalue weighted by Gasteiger charge is 2.19. The van der Waals surface area contributed by atoms with Crippen molar-refractivity contribution >= 4 is 46.4 Å². The minimum Gasteiger partial charge on any atom is -0.490 e. The quantitative estimate of drug-likeness (QED) is 0.0372. The minimum absolute atomic E-state index is 0.655. The predicted octanol–water partition coefficient (Wildman–Crippen LogP) is 22.7. The fraction of sp³-hybridized carbons (Fsp3) is 0.634. The first-order valence-electron chi connectivity index (χ1n) is 32.8. The predicted molar refractivity (Wildman–Crippen MR) is 338 cm³/mol. The van der Waals surface area contributed by atoms with Crippen LogP contribution in [0.25, 0.3) is 57.5 Å². The van der Waals surface area contributed by atoms with Crippen LogP contribution in [0, 0.1) is 0 Å². The van der Waals surface area contributed by atoms with E-state index in [1.54, 1.807) is 0 Å². The van der Waals surface area contributed by atoms with Gasteiger partial charge in [-0.25, -0.2) is 9.97 Å². The zero-order valence-electron chi connectivity index (χ0n) is 49.8. The molecule has 0 radical (unpaired) electrons. The molecule has 0 saturated heterocycles. The Bertz CT molecular complexity index is 2390. The lowest BCUT2D eigenvalue weighted by Gasteiger charge is -2.19. The number of hydrogen-bond acceptors (Lipinski definition) is 5. The highest BCUT2D eigenvalue weighted by Crippen LogP contribution is 2.44. The summed E-state index contributed by atoms with van der Waals surface area (Å²) in [5.74, 6) is 2.33. The van der Waals surface area contributed by atoms with E-state index in [-0.39, 0.29) is 0 Å². The normalized spacial score (nSPS) is 12.0. The molecule has 2 aliphatic heterocycles. The average molecular weight is 1070 g/mol. The number of hydrogen-bond donors (Lipinski definition) is 2. The van der Waals surface area contributed by atoms with Gasteiger partial charge in [-0.3, -0.25) is 0 Å². The van der Waals surface area contributed by atoms with Crippen LogP contribution in [-0.2, 0) is 0 Å². The molecule has 78 heavy (non-hydrogen) atoms. The highest BCUT2D eigenvalue weighted by atomic mass is 16.5. The number of unbranched alkanes of at least 4 members (excludes halogenated alkanes) is 36. The molecule has 2 aliphatic rings. The van der Waals surface area contributed by atoms with Gasteiger partial charge in [0.25, 0.3) is 0 Å². The molecule has 0 aliphatic carbocycles. The van der Waals surface area contributed by atoms with Crippen LogP contribution in [0.15, 0.2) is 54.6 Å². The van der Waals surface area contributed by atoms with E-state index < -0.39 is 0 Å². The van der Waals surface area contributed by atoms with Crippen molar-refractivity contribution in [3.63, 3.8) is 0 Å². The largest absolute Gasteiger partial charge is 0.490 e. The number of rotatable bonds is 46. The van der Waals surface area contributed by atoms with Gasteiger partial charge in [0.15, 0.2) is 11.5 Å². The Labute approximate surface area is 475 Å². The molecule has 7 nitrogen and oxygen atoms in total. The maximum Gasteiger partial charge on any atom is 0.203 e. The molecule has 2 N–H and O–H groups in total. The van der Waals surface area contributed by atoms with Gasteiger partial charge in [-0.15, -0.1) is 0 Å². The molecule has 5 heterocycles. The van der Waals surface area contributed by atoms with E-state index in [2.05, 4.69) is 104 Å². The topological polar surface area (TPSA) is 85.1 Å². The molecule has 0 atom stereocenters. The summed E-state index contributed by atoms with van der Waals surface area (Å²) >= 11 is 0. The SMILES string of the molecule is CCCCCCCCCCCCCCCOc1cc(-c2cc3cc4ccc(cc5nc(cc6nc(cc2[nH]3)C=C6)C=C5)[nH]4)cc(OCCCCCCCCCCCCCCC)c1OCCCCCCCCCCCCCCC. The monoisotopic (exact) mass is 1060 g/mol. The van der Waals surface area contributed by atoms with E-state index in [1.807, 2.05) is 6.07 Å². The third-order valence-electron chi connectivity index (χ3n) is 16.0.